The molecule has 2 aromatic rings. The van der Waals surface area contributed by atoms with Crippen LogP contribution in [-0.2, 0) is 4.74 Å². The Balaban J connectivity index is 1.57. The Morgan fingerprint density at radius 1 is 1.12 bits per heavy atom. The zero-order valence-electron chi connectivity index (χ0n) is 15.2. The molecule has 1 amide bonds. The first-order chi connectivity index (χ1) is 12.7. The highest BCUT2D eigenvalue weighted by Gasteiger charge is 2.28. The molecule has 0 spiro atoms. The highest BCUT2D eigenvalue weighted by molar-refractivity contribution is 5.79. The molecule has 4 nitrogen and oxygen atoms in total. The molecule has 0 saturated carbocycles. The molecular weight excluding hydrogens is 324 g/mol. The van der Waals surface area contributed by atoms with Crippen LogP contribution in [-0.4, -0.2) is 25.5 Å². The Labute approximate surface area is 154 Å². The van der Waals surface area contributed by atoms with Crippen molar-refractivity contribution in [2.24, 2.45) is 4.99 Å². The molecule has 0 fully saturated rings. The van der Waals surface area contributed by atoms with E-state index in [1.165, 1.54) is 22.3 Å². The van der Waals surface area contributed by atoms with Crippen LogP contribution < -0.4 is 5.32 Å². The van der Waals surface area contributed by atoms with E-state index < -0.39 is 0 Å². The summed E-state index contributed by atoms with van der Waals surface area (Å²) in [5.74, 6) is 0.0914. The van der Waals surface area contributed by atoms with Crippen molar-refractivity contribution in [2.45, 2.75) is 26.2 Å². The fourth-order valence-electron chi connectivity index (χ4n) is 3.28. The second-order valence-electron chi connectivity index (χ2n) is 6.39. The largest absolute Gasteiger partial charge is 0.449 e. The number of hydrogen-bond acceptors (Lipinski definition) is 3. The van der Waals surface area contributed by atoms with Crippen molar-refractivity contribution < 1.29 is 9.53 Å². The number of nitrogens with one attached hydrogen (secondary N) is 1. The van der Waals surface area contributed by atoms with E-state index >= 15 is 0 Å². The van der Waals surface area contributed by atoms with Gasteiger partial charge in [0.05, 0.1) is 0 Å². The minimum Gasteiger partial charge on any atom is -0.449 e. The van der Waals surface area contributed by atoms with Crippen LogP contribution in [0.1, 0.15) is 37.3 Å². The molecule has 0 saturated heterocycles. The van der Waals surface area contributed by atoms with Gasteiger partial charge in [0.25, 0.3) is 0 Å². The topological polar surface area (TPSA) is 50.7 Å². The number of amides is 1. The van der Waals surface area contributed by atoms with Gasteiger partial charge >= 0.3 is 6.09 Å². The average molecular weight is 348 g/mol. The van der Waals surface area contributed by atoms with Crippen LogP contribution in [0, 0.1) is 0 Å². The van der Waals surface area contributed by atoms with E-state index in [1.54, 1.807) is 12.4 Å². The van der Waals surface area contributed by atoms with Crippen molar-refractivity contribution in [3.63, 3.8) is 0 Å². The summed E-state index contributed by atoms with van der Waals surface area (Å²) in [5, 5.41) is 2.81. The summed E-state index contributed by atoms with van der Waals surface area (Å²) in [7, 11) is 0. The van der Waals surface area contributed by atoms with Gasteiger partial charge in [0.2, 0.25) is 0 Å². The van der Waals surface area contributed by atoms with Gasteiger partial charge in [-0.05, 0) is 42.5 Å². The molecule has 0 heterocycles. The Morgan fingerprint density at radius 2 is 1.73 bits per heavy atom. The molecule has 134 valence electrons. The minimum absolute atomic E-state index is 0.0914. The van der Waals surface area contributed by atoms with Gasteiger partial charge in [0.1, 0.15) is 6.61 Å². The standard InChI is InChI=1S/C22H24N2O2/c1-3-23-14-16(2)12-13-24-22(25)26-15-21-19-10-6-4-8-17(19)18-9-5-7-11-20(18)21/h3-11,14,21H,12-13,15H2,1-2H3,(H,24,25)/b16-14+,23-3-. The molecule has 0 atom stereocenters. The molecule has 26 heavy (non-hydrogen) atoms. The lowest BCUT2D eigenvalue weighted by atomic mass is 9.98. The smallest absolute Gasteiger partial charge is 0.407 e. The maximum absolute atomic E-state index is 12.0. The van der Waals surface area contributed by atoms with Crippen molar-refractivity contribution in [2.75, 3.05) is 13.2 Å². The van der Waals surface area contributed by atoms with Gasteiger partial charge < -0.3 is 10.1 Å². The molecule has 0 radical (unpaired) electrons. The first-order valence-corrected chi connectivity index (χ1v) is 8.93. The van der Waals surface area contributed by atoms with E-state index in [2.05, 4.69) is 34.6 Å². The van der Waals surface area contributed by atoms with Gasteiger partial charge in [0.15, 0.2) is 0 Å². The Kier molecular flexibility index (Phi) is 5.84. The van der Waals surface area contributed by atoms with Crippen molar-refractivity contribution in [3.05, 3.63) is 71.4 Å². The monoisotopic (exact) mass is 348 g/mol. The summed E-state index contributed by atoms with van der Waals surface area (Å²) in [6.45, 7) is 4.75. The lowest BCUT2D eigenvalue weighted by molar-refractivity contribution is 0.143. The molecule has 4 heteroatoms. The number of benzene rings is 2. The SMILES string of the molecule is C/C=N\C=C(/C)CCNC(=O)OCC1c2ccccc2-c2ccccc21. The van der Waals surface area contributed by atoms with Crippen molar-refractivity contribution in [1.82, 2.24) is 5.32 Å². The lowest BCUT2D eigenvalue weighted by Crippen LogP contribution is -2.27. The number of aliphatic imine (C=N–C) groups is 1. The zero-order chi connectivity index (χ0) is 18.4. The molecule has 0 aromatic heterocycles. The fraction of sp³-hybridized carbons (Fsp3) is 0.273. The van der Waals surface area contributed by atoms with Crippen molar-refractivity contribution in [3.8, 4) is 11.1 Å². The van der Waals surface area contributed by atoms with E-state index in [9.17, 15) is 4.79 Å². The summed E-state index contributed by atoms with van der Waals surface area (Å²) < 4.78 is 5.50. The Hall–Kier alpha value is -2.88. The van der Waals surface area contributed by atoms with Crippen LogP contribution in [0.4, 0.5) is 4.79 Å². The second kappa shape index (κ2) is 8.48. The third-order valence-corrected chi connectivity index (χ3v) is 4.58. The van der Waals surface area contributed by atoms with Crippen LogP contribution in [0.25, 0.3) is 11.1 Å². The van der Waals surface area contributed by atoms with Crippen LogP contribution in [0.15, 0.2) is 65.3 Å². The Morgan fingerprint density at radius 3 is 2.35 bits per heavy atom. The van der Waals surface area contributed by atoms with Crippen molar-refractivity contribution >= 4 is 12.3 Å². The number of carbonyl (C=O) groups excluding carboxylic acids is 1. The molecule has 3 rings (SSSR count). The minimum atomic E-state index is -0.376. The molecule has 1 N–H and O–H groups in total. The number of alkyl carbamates (subject to hydrolysis) is 1. The van der Waals surface area contributed by atoms with Crippen molar-refractivity contribution in [1.29, 1.82) is 0 Å². The summed E-state index contributed by atoms with van der Waals surface area (Å²) in [6.07, 6.45) is 3.92. The van der Waals surface area contributed by atoms with E-state index in [-0.39, 0.29) is 12.0 Å². The predicted molar refractivity (Wildman–Crippen MR) is 106 cm³/mol. The molecule has 1 aliphatic carbocycles. The van der Waals surface area contributed by atoms with Crippen LogP contribution in [0.3, 0.4) is 0 Å². The maximum Gasteiger partial charge on any atom is 0.407 e. The normalized spacial score (nSPS) is 13.5. The highest BCUT2D eigenvalue weighted by Crippen LogP contribution is 2.44. The van der Waals surface area contributed by atoms with Gasteiger partial charge in [-0.15, -0.1) is 0 Å². The van der Waals surface area contributed by atoms with E-state index in [0.29, 0.717) is 13.2 Å². The molecule has 1 aliphatic rings. The van der Waals surface area contributed by atoms with Gasteiger partial charge in [0, 0.05) is 24.9 Å². The lowest BCUT2D eigenvalue weighted by Gasteiger charge is -2.14. The summed E-state index contributed by atoms with van der Waals surface area (Å²) in [6, 6.07) is 16.6. The summed E-state index contributed by atoms with van der Waals surface area (Å²) in [4.78, 5) is 16.1. The second-order valence-corrected chi connectivity index (χ2v) is 6.39. The maximum atomic E-state index is 12.0. The van der Waals surface area contributed by atoms with Gasteiger partial charge in [-0.1, -0.05) is 54.1 Å². The van der Waals surface area contributed by atoms with Crippen LogP contribution >= 0.6 is 0 Å². The van der Waals surface area contributed by atoms with E-state index in [4.69, 9.17) is 4.74 Å². The third-order valence-electron chi connectivity index (χ3n) is 4.58. The van der Waals surface area contributed by atoms with Gasteiger partial charge in [-0.3, -0.25) is 4.99 Å². The number of nitrogens with zero attached hydrogens (tertiary/aromatic N) is 1. The molecule has 0 bridgehead atoms. The van der Waals surface area contributed by atoms with Crippen LogP contribution in [0.2, 0.25) is 0 Å². The third kappa shape index (κ3) is 4.02. The van der Waals surface area contributed by atoms with E-state index in [1.807, 2.05) is 38.1 Å². The molecule has 2 aromatic carbocycles. The first-order valence-electron chi connectivity index (χ1n) is 8.93. The van der Waals surface area contributed by atoms with E-state index in [0.717, 1.165) is 12.0 Å². The number of fused-ring (bicyclic) bond motifs is 3. The quantitative estimate of drug-likeness (QED) is 0.754. The molecule has 0 aliphatic heterocycles. The average Bonchev–Trinajstić information content (AvgIpc) is 2.99. The fourth-order valence-corrected chi connectivity index (χ4v) is 3.28. The summed E-state index contributed by atoms with van der Waals surface area (Å²) in [5.41, 5.74) is 6.01. The number of ether oxygens (including phenoxy) is 1. The number of rotatable bonds is 6. The van der Waals surface area contributed by atoms with Crippen LogP contribution in [0.5, 0.6) is 0 Å². The Bertz CT molecular complexity index is 794. The zero-order valence-corrected chi connectivity index (χ0v) is 15.2. The molecule has 0 unspecified atom stereocenters. The molecular formula is C22H24N2O2. The van der Waals surface area contributed by atoms with Gasteiger partial charge in [-0.25, -0.2) is 4.79 Å². The first kappa shape index (κ1) is 17.9. The number of carbonyl (C=O) groups is 1. The number of hydrogen-bond donors (Lipinski definition) is 1. The predicted octanol–water partition coefficient (Wildman–Crippen LogP) is 4.91. The summed E-state index contributed by atoms with van der Waals surface area (Å²) >= 11 is 0. The van der Waals surface area contributed by atoms with Gasteiger partial charge in [-0.2, -0.15) is 0 Å². The highest BCUT2D eigenvalue weighted by atomic mass is 16.5.